The van der Waals surface area contributed by atoms with Gasteiger partial charge in [0.15, 0.2) is 0 Å². The van der Waals surface area contributed by atoms with E-state index in [0.29, 0.717) is 18.5 Å². The van der Waals surface area contributed by atoms with Crippen LogP contribution in [0.5, 0.6) is 5.75 Å². The third kappa shape index (κ3) is 5.41. The molecule has 1 aliphatic rings. The Morgan fingerprint density at radius 2 is 1.94 bits per heavy atom. The lowest BCUT2D eigenvalue weighted by atomic mass is 9.65. The fraction of sp³-hybridized carbons (Fsp3) is 0.462. The number of nitrogens with one attached hydrogen (secondary N) is 1. The summed E-state index contributed by atoms with van der Waals surface area (Å²) in [6, 6.07) is 13.9. The van der Waals surface area contributed by atoms with Crippen LogP contribution in [-0.4, -0.2) is 46.6 Å². The molecule has 2 amide bonds. The highest BCUT2D eigenvalue weighted by Crippen LogP contribution is 2.51. The van der Waals surface area contributed by atoms with E-state index in [2.05, 4.69) is 28.2 Å². The molecule has 2 unspecified atom stereocenters. The molecule has 1 aliphatic heterocycles. The van der Waals surface area contributed by atoms with Crippen molar-refractivity contribution in [3.8, 4) is 5.75 Å². The van der Waals surface area contributed by atoms with Crippen molar-refractivity contribution in [2.24, 2.45) is 0 Å². The summed E-state index contributed by atoms with van der Waals surface area (Å²) in [7, 11) is 0. The third-order valence-electron chi connectivity index (χ3n) is 6.46. The van der Waals surface area contributed by atoms with E-state index in [4.69, 9.17) is 0 Å². The van der Waals surface area contributed by atoms with Gasteiger partial charge in [-0.15, -0.1) is 0 Å². The first-order chi connectivity index (χ1) is 16.0. The molecule has 0 spiro atoms. The zero-order chi connectivity index (χ0) is 23.8. The summed E-state index contributed by atoms with van der Waals surface area (Å²) in [5.74, 6) is -0.220. The summed E-state index contributed by atoms with van der Waals surface area (Å²) in [6.07, 6.45) is 4.53. The number of hydrogen-bond donors (Lipinski definition) is 3. The molecule has 178 valence electrons. The van der Waals surface area contributed by atoms with Crippen LogP contribution in [0.1, 0.15) is 62.6 Å². The van der Waals surface area contributed by atoms with Crippen molar-refractivity contribution in [3.05, 3.63) is 64.1 Å². The standard InChI is InChI=1S/C26H33BrN2O4/c1-2-3-4-8-16-29-23(32)13-14-26(25(33)28-15-17-30,19-9-6-5-7-10-19)24(29)21-18-20(27)11-12-22(21)31/h5-7,9-12,18,24,30-31H,2-4,8,13-17H2,1H3,(H,28,33). The minimum Gasteiger partial charge on any atom is -0.508 e. The van der Waals surface area contributed by atoms with Crippen LogP contribution in [0, 0.1) is 0 Å². The Kier molecular flexibility index (Phi) is 8.92. The molecule has 1 heterocycles. The van der Waals surface area contributed by atoms with E-state index in [9.17, 15) is 19.8 Å². The lowest BCUT2D eigenvalue weighted by Gasteiger charge is -2.49. The molecular weight excluding hydrogens is 484 g/mol. The maximum absolute atomic E-state index is 13.8. The summed E-state index contributed by atoms with van der Waals surface area (Å²) in [4.78, 5) is 28.9. The second kappa shape index (κ2) is 11.7. The SMILES string of the molecule is CCCCCCN1C(=O)CCC(C(=O)NCCO)(c2ccccc2)C1c1cc(Br)ccc1O. The summed E-state index contributed by atoms with van der Waals surface area (Å²) < 4.78 is 0.761. The number of rotatable bonds is 10. The Labute approximate surface area is 204 Å². The molecule has 33 heavy (non-hydrogen) atoms. The van der Waals surface area contributed by atoms with Gasteiger partial charge in [-0.25, -0.2) is 0 Å². The minimum absolute atomic E-state index is 0.0163. The number of carbonyl (C=O) groups excluding carboxylic acids is 2. The van der Waals surface area contributed by atoms with Gasteiger partial charge in [0.05, 0.1) is 18.1 Å². The smallest absolute Gasteiger partial charge is 0.233 e. The zero-order valence-corrected chi connectivity index (χ0v) is 20.7. The first-order valence-electron chi connectivity index (χ1n) is 11.7. The molecule has 2 aromatic carbocycles. The molecule has 1 fully saturated rings. The van der Waals surface area contributed by atoms with Gasteiger partial charge >= 0.3 is 0 Å². The molecule has 0 bridgehead atoms. The van der Waals surface area contributed by atoms with Crippen LogP contribution in [-0.2, 0) is 15.0 Å². The summed E-state index contributed by atoms with van der Waals surface area (Å²) in [6.45, 7) is 2.59. The lowest BCUT2D eigenvalue weighted by Crippen LogP contribution is -2.58. The molecule has 6 nitrogen and oxygen atoms in total. The largest absolute Gasteiger partial charge is 0.508 e. The number of aliphatic hydroxyl groups excluding tert-OH is 1. The third-order valence-corrected chi connectivity index (χ3v) is 6.95. The zero-order valence-electron chi connectivity index (χ0n) is 19.1. The van der Waals surface area contributed by atoms with Crippen LogP contribution in [0.25, 0.3) is 0 Å². The summed E-state index contributed by atoms with van der Waals surface area (Å²) in [5.41, 5.74) is 0.222. The number of aliphatic hydroxyl groups is 1. The van der Waals surface area contributed by atoms with Crippen LogP contribution in [0.15, 0.2) is 53.0 Å². The molecule has 2 atom stereocenters. The Morgan fingerprint density at radius 3 is 2.64 bits per heavy atom. The van der Waals surface area contributed by atoms with Crippen LogP contribution in [0.4, 0.5) is 0 Å². The molecule has 0 aromatic heterocycles. The van der Waals surface area contributed by atoms with Gasteiger partial charge in [0, 0.05) is 29.5 Å². The molecule has 1 saturated heterocycles. The number of phenolic OH excluding ortho intramolecular Hbond substituents is 1. The Balaban J connectivity index is 2.20. The Hall–Kier alpha value is -2.38. The molecule has 3 N–H and O–H groups in total. The number of carbonyl (C=O) groups is 2. The van der Waals surface area contributed by atoms with Crippen LogP contribution >= 0.6 is 15.9 Å². The van der Waals surface area contributed by atoms with Gasteiger partial charge in [0.1, 0.15) is 5.75 Å². The lowest BCUT2D eigenvalue weighted by molar-refractivity contribution is -0.146. The van der Waals surface area contributed by atoms with Crippen molar-refractivity contribution in [2.75, 3.05) is 19.7 Å². The van der Waals surface area contributed by atoms with E-state index in [1.807, 2.05) is 30.3 Å². The quantitative estimate of drug-likeness (QED) is 0.407. The number of nitrogens with zero attached hydrogens (tertiary/aromatic N) is 1. The molecule has 3 rings (SSSR count). The highest BCUT2D eigenvalue weighted by Gasteiger charge is 2.54. The number of unbranched alkanes of at least 4 members (excludes halogenated alkanes) is 3. The number of halogens is 1. The van der Waals surface area contributed by atoms with Crippen molar-refractivity contribution in [3.63, 3.8) is 0 Å². The molecule has 0 aliphatic carbocycles. The van der Waals surface area contributed by atoms with Crippen molar-refractivity contribution in [1.29, 1.82) is 0 Å². The van der Waals surface area contributed by atoms with Crippen molar-refractivity contribution in [2.45, 2.75) is 56.9 Å². The predicted molar refractivity (Wildman–Crippen MR) is 132 cm³/mol. The van der Waals surface area contributed by atoms with Gasteiger partial charge in [-0.3, -0.25) is 9.59 Å². The van der Waals surface area contributed by atoms with Crippen molar-refractivity contribution >= 4 is 27.7 Å². The predicted octanol–water partition coefficient (Wildman–Crippen LogP) is 4.45. The van der Waals surface area contributed by atoms with E-state index in [0.717, 1.165) is 35.7 Å². The topological polar surface area (TPSA) is 89.9 Å². The number of piperidine rings is 1. The summed E-state index contributed by atoms with van der Waals surface area (Å²) in [5, 5.41) is 23.1. The second-order valence-electron chi connectivity index (χ2n) is 8.57. The Bertz CT molecular complexity index is 953. The van der Waals surface area contributed by atoms with E-state index >= 15 is 0 Å². The maximum atomic E-state index is 13.8. The molecule has 0 radical (unpaired) electrons. The van der Waals surface area contributed by atoms with Gasteiger partial charge in [-0.1, -0.05) is 72.4 Å². The summed E-state index contributed by atoms with van der Waals surface area (Å²) >= 11 is 3.50. The van der Waals surface area contributed by atoms with Gasteiger partial charge in [0.2, 0.25) is 11.8 Å². The first-order valence-corrected chi connectivity index (χ1v) is 12.5. The minimum atomic E-state index is -1.10. The van der Waals surface area contributed by atoms with Crippen molar-refractivity contribution in [1.82, 2.24) is 10.2 Å². The van der Waals surface area contributed by atoms with Gasteiger partial charge in [0.25, 0.3) is 0 Å². The van der Waals surface area contributed by atoms with Gasteiger partial charge in [-0.05, 0) is 36.6 Å². The number of hydrogen-bond acceptors (Lipinski definition) is 4. The highest BCUT2D eigenvalue weighted by molar-refractivity contribution is 9.10. The van der Waals surface area contributed by atoms with E-state index in [1.54, 1.807) is 23.1 Å². The van der Waals surface area contributed by atoms with E-state index in [-0.39, 0.29) is 37.1 Å². The molecular formula is C26H33BrN2O4. The second-order valence-corrected chi connectivity index (χ2v) is 9.49. The van der Waals surface area contributed by atoms with E-state index < -0.39 is 11.5 Å². The number of likely N-dealkylation sites (tertiary alicyclic amines) is 1. The van der Waals surface area contributed by atoms with Crippen LogP contribution < -0.4 is 5.32 Å². The Morgan fingerprint density at radius 1 is 1.18 bits per heavy atom. The number of benzene rings is 2. The number of amides is 2. The number of phenols is 1. The van der Waals surface area contributed by atoms with Crippen LogP contribution in [0.3, 0.4) is 0 Å². The average Bonchev–Trinajstić information content (AvgIpc) is 2.83. The van der Waals surface area contributed by atoms with Gasteiger partial charge < -0.3 is 20.4 Å². The maximum Gasteiger partial charge on any atom is 0.233 e. The highest BCUT2D eigenvalue weighted by atomic mass is 79.9. The van der Waals surface area contributed by atoms with Crippen LogP contribution in [0.2, 0.25) is 0 Å². The first kappa shape index (κ1) is 25.2. The molecule has 2 aromatic rings. The van der Waals surface area contributed by atoms with Crippen molar-refractivity contribution < 1.29 is 19.8 Å². The fourth-order valence-corrected chi connectivity index (χ4v) is 5.25. The van der Waals surface area contributed by atoms with E-state index in [1.165, 1.54) is 0 Å². The van der Waals surface area contributed by atoms with Gasteiger partial charge in [-0.2, -0.15) is 0 Å². The normalized spacial score (nSPS) is 20.6. The number of aromatic hydroxyl groups is 1. The average molecular weight is 517 g/mol. The monoisotopic (exact) mass is 516 g/mol. The molecule has 0 saturated carbocycles. The molecule has 7 heteroatoms. The fourth-order valence-electron chi connectivity index (χ4n) is 4.87.